The Morgan fingerprint density at radius 3 is 1.13 bits per heavy atom. The first kappa shape index (κ1) is 86.5. The summed E-state index contributed by atoms with van der Waals surface area (Å²) in [4.78, 5) is 23.7. The number of fused-ring (bicyclic) bond motifs is 10. The van der Waals surface area contributed by atoms with Gasteiger partial charge in [0.05, 0.1) is 13.2 Å². The lowest BCUT2D eigenvalue weighted by atomic mass is 9.53. The first-order valence-corrected chi connectivity index (χ1v) is 43.7. The molecule has 20 atom stereocenters. The largest absolute Gasteiger partial charge is 0.469 e. The molecule has 0 aromatic heterocycles. The fraction of sp³-hybridized carbons (Fsp3) is 0.891. The van der Waals surface area contributed by atoms with Crippen LogP contribution in [-0.4, -0.2) is 48.6 Å². The van der Waals surface area contributed by atoms with E-state index >= 15 is 0 Å². The molecule has 2 N–H and O–H groups in total. The highest BCUT2D eigenvalue weighted by atomic mass is 16.5. The molecule has 6 nitrogen and oxygen atoms in total. The van der Waals surface area contributed by atoms with Gasteiger partial charge in [0.25, 0.3) is 0 Å². The van der Waals surface area contributed by atoms with Gasteiger partial charge in [-0.2, -0.15) is 0 Å². The number of allylic oxidation sites excluding steroid dienone is 8. The van der Waals surface area contributed by atoms with E-state index in [-0.39, 0.29) is 24.1 Å². The predicted octanol–water partition coefficient (Wildman–Crippen LogP) is 26.6. The second kappa shape index (κ2) is 51.1. The van der Waals surface area contributed by atoms with Crippen molar-refractivity contribution in [2.75, 3.05) is 14.2 Å². The molecule has 0 bridgehead atoms. The van der Waals surface area contributed by atoms with Crippen LogP contribution in [0.5, 0.6) is 0 Å². The summed E-state index contributed by atoms with van der Waals surface area (Å²) in [6.07, 6.45) is 80.4. The highest BCUT2D eigenvalue weighted by molar-refractivity contribution is 5.69. The maximum absolute atomic E-state index is 12.7. The van der Waals surface area contributed by atoms with Gasteiger partial charge in [0.2, 0.25) is 0 Å². The van der Waals surface area contributed by atoms with Crippen molar-refractivity contribution in [2.45, 2.75) is 390 Å². The Kier molecular flexibility index (Phi) is 45.1. The Hall–Kier alpha value is -2.18. The van der Waals surface area contributed by atoms with Gasteiger partial charge in [0, 0.05) is 20.0 Å². The molecule has 0 saturated heterocycles. The molecule has 98 heavy (non-hydrogen) atoms. The highest BCUT2D eigenvalue weighted by Crippen LogP contribution is 2.62. The number of aliphatic hydroxyl groups is 2. The molecule has 0 aliphatic heterocycles. The first-order valence-electron chi connectivity index (χ1n) is 43.7. The van der Waals surface area contributed by atoms with Crippen LogP contribution in [-0.2, 0) is 19.1 Å². The molecular weight excluding hydrogens is 1200 g/mol. The zero-order valence-electron chi connectivity index (χ0n) is 66.8. The molecule has 8 fully saturated rings. The monoisotopic (exact) mass is 1370 g/mol. The van der Waals surface area contributed by atoms with Crippen molar-refractivity contribution in [1.29, 1.82) is 0 Å². The summed E-state index contributed by atoms with van der Waals surface area (Å²) < 4.78 is 10.7. The maximum atomic E-state index is 12.7. The van der Waals surface area contributed by atoms with Crippen LogP contribution in [0, 0.1) is 118 Å². The van der Waals surface area contributed by atoms with Gasteiger partial charge in [0.1, 0.15) is 6.10 Å². The third-order valence-corrected chi connectivity index (χ3v) is 28.1. The summed E-state index contributed by atoms with van der Waals surface area (Å²) in [6, 6.07) is 0. The van der Waals surface area contributed by atoms with Gasteiger partial charge in [0.15, 0.2) is 0 Å². The van der Waals surface area contributed by atoms with Crippen molar-refractivity contribution in [3.8, 4) is 0 Å². The van der Waals surface area contributed by atoms with Gasteiger partial charge in [-0.15, -0.1) is 0 Å². The SMILES string of the molecule is CC/C=C/CC/C=C/CCCCCCCCCC(=O)OC.CC/C=C/CC/C=C/CCCCCCCCCC(=O)OC1CCC2C(CCC3C2CCC2C(C(C)CCC(CC)C(C)C)CCC23)C1.CCC(CCC(C)C1CCC2C1CCC1C3CCC(O)CC3CCC12)C(C)C.CO. The highest BCUT2D eigenvalue weighted by Gasteiger charge is 2.54. The Morgan fingerprint density at radius 2 is 0.704 bits per heavy atom. The summed E-state index contributed by atoms with van der Waals surface area (Å²) in [5.74, 6) is 19.2. The lowest BCUT2D eigenvalue weighted by Gasteiger charge is -2.53. The molecule has 0 aromatic carbocycles. The number of aliphatic hydroxyl groups excluding tert-OH is 2. The standard InChI is InChI=1S/C45H78O2.C27H48O.C19H34O2.CH4O/c1-6-8-9-10-11-12-13-14-15-16-17-18-19-20-21-22-45(46)47-38-26-28-40-37(33-38)25-27-43-42(40)32-31-41-39(29-30-44(41)43)35(5)23-24-36(7-2)34(3)4;1-5-19(17(2)3)7-6-18(4)22-12-13-27-24(22)14-15-25-23-11-9-21(28)16-20(23)8-10-26(25)27;1-3-4-5-6-7-8-9-10-11-12-13-14-15-16-17-18-19(20)21-2;1-2/h8-9,12-13,34-44H,6-7,10-11,14-33H2,1-5H3;17-28H,5-16H2,1-4H3;4-5,8-9H,3,6-7,10-18H2,1-2H3;2H,1H3/b9-8+,13-12+;;5-4+,9-8+;. The average Bonchev–Trinajstić information content (AvgIpc) is 1.46. The fourth-order valence-electron chi connectivity index (χ4n) is 22.6. The molecule has 0 spiro atoms. The molecule has 0 aromatic rings. The molecule has 8 saturated carbocycles. The number of unbranched alkanes of at least 4 members (excludes halogenated alkanes) is 16. The minimum atomic E-state index is -0.0769. The van der Waals surface area contributed by atoms with Crippen LogP contribution < -0.4 is 0 Å². The van der Waals surface area contributed by atoms with Gasteiger partial charge in [-0.05, 0) is 324 Å². The number of carbonyl (C=O) groups is 2. The van der Waals surface area contributed by atoms with Crippen LogP contribution in [0.1, 0.15) is 377 Å². The predicted molar refractivity (Wildman–Crippen MR) is 421 cm³/mol. The molecule has 8 aliphatic carbocycles. The van der Waals surface area contributed by atoms with E-state index in [4.69, 9.17) is 9.84 Å². The van der Waals surface area contributed by atoms with Crippen LogP contribution in [0.25, 0.3) is 0 Å². The van der Waals surface area contributed by atoms with Gasteiger partial charge in [-0.25, -0.2) is 0 Å². The van der Waals surface area contributed by atoms with E-state index in [1.54, 1.807) is 6.42 Å². The second-order valence-corrected chi connectivity index (χ2v) is 34.7. The molecular formula is C92H164O6. The van der Waals surface area contributed by atoms with Crippen LogP contribution >= 0.6 is 0 Å². The summed E-state index contributed by atoms with van der Waals surface area (Å²) in [7, 11) is 2.46. The molecule has 0 radical (unpaired) electrons. The lowest BCUT2D eigenvalue weighted by Crippen LogP contribution is -2.46. The Balaban J connectivity index is 0.000000288. The quantitative estimate of drug-likeness (QED) is 0.0360. The first-order chi connectivity index (χ1) is 47.7. The molecule has 8 rings (SSSR count). The number of ether oxygens (including phenoxy) is 2. The molecule has 20 unspecified atom stereocenters. The summed E-state index contributed by atoms with van der Waals surface area (Å²) in [5, 5.41) is 17.1. The van der Waals surface area contributed by atoms with Gasteiger partial charge >= 0.3 is 11.9 Å². The number of methoxy groups -OCH3 is 1. The zero-order valence-corrected chi connectivity index (χ0v) is 66.8. The van der Waals surface area contributed by atoms with Crippen LogP contribution in [0.3, 0.4) is 0 Å². The van der Waals surface area contributed by atoms with E-state index in [1.807, 2.05) is 0 Å². The third-order valence-electron chi connectivity index (χ3n) is 28.1. The van der Waals surface area contributed by atoms with Crippen LogP contribution in [0.15, 0.2) is 48.6 Å². The normalized spacial score (nSPS) is 30.8. The third kappa shape index (κ3) is 30.1. The van der Waals surface area contributed by atoms with Crippen molar-refractivity contribution >= 4 is 11.9 Å². The summed E-state index contributed by atoms with van der Waals surface area (Å²) in [5.41, 5.74) is 0. The number of hydrogen-bond donors (Lipinski definition) is 2. The van der Waals surface area contributed by atoms with E-state index in [2.05, 4.69) is 123 Å². The zero-order chi connectivity index (χ0) is 70.9. The van der Waals surface area contributed by atoms with Gasteiger partial charge in [-0.3, -0.25) is 9.59 Å². The Bertz CT molecular complexity index is 2140. The van der Waals surface area contributed by atoms with Crippen LogP contribution in [0.4, 0.5) is 0 Å². The van der Waals surface area contributed by atoms with Crippen molar-refractivity contribution in [3.05, 3.63) is 48.6 Å². The summed E-state index contributed by atoms with van der Waals surface area (Å²) >= 11 is 0. The minimum Gasteiger partial charge on any atom is -0.469 e. The molecule has 0 amide bonds. The number of hydrogen-bond acceptors (Lipinski definition) is 6. The average molecular weight is 1370 g/mol. The minimum absolute atomic E-state index is 0.0173. The topological polar surface area (TPSA) is 93.1 Å². The van der Waals surface area contributed by atoms with Crippen molar-refractivity contribution < 1.29 is 29.3 Å². The van der Waals surface area contributed by atoms with Crippen molar-refractivity contribution in [3.63, 3.8) is 0 Å². The molecule has 8 aliphatic rings. The second-order valence-electron chi connectivity index (χ2n) is 34.7. The van der Waals surface area contributed by atoms with Crippen LogP contribution in [0.2, 0.25) is 0 Å². The maximum Gasteiger partial charge on any atom is 0.306 e. The summed E-state index contributed by atoms with van der Waals surface area (Å²) in [6.45, 7) is 24.1. The smallest absolute Gasteiger partial charge is 0.306 e. The number of rotatable bonds is 41. The molecule has 568 valence electrons. The Morgan fingerprint density at radius 1 is 0.367 bits per heavy atom. The van der Waals surface area contributed by atoms with Crippen molar-refractivity contribution in [2.24, 2.45) is 118 Å². The van der Waals surface area contributed by atoms with E-state index in [0.29, 0.717) is 12.8 Å². The van der Waals surface area contributed by atoms with Gasteiger partial charge < -0.3 is 19.7 Å². The van der Waals surface area contributed by atoms with E-state index < -0.39 is 0 Å². The number of esters is 2. The number of carbonyl (C=O) groups excluding carboxylic acids is 2. The van der Waals surface area contributed by atoms with E-state index in [9.17, 15) is 14.7 Å². The fourth-order valence-corrected chi connectivity index (χ4v) is 22.6. The van der Waals surface area contributed by atoms with E-state index in [1.165, 1.54) is 238 Å². The lowest BCUT2D eigenvalue weighted by molar-refractivity contribution is -0.154. The van der Waals surface area contributed by atoms with Crippen molar-refractivity contribution in [1.82, 2.24) is 0 Å². The van der Waals surface area contributed by atoms with Gasteiger partial charge in [-0.1, -0.05) is 208 Å². The molecule has 0 heterocycles. The van der Waals surface area contributed by atoms with E-state index in [0.717, 1.165) is 183 Å². The molecule has 6 heteroatoms. The Labute approximate surface area is 608 Å².